The minimum absolute atomic E-state index is 0.706. The molecule has 114 valence electrons. The van der Waals surface area contributed by atoms with E-state index in [1.54, 1.807) is 28.4 Å². The number of methoxy groups -OCH3 is 4. The topological polar surface area (TPSA) is 36.9 Å². The zero-order valence-corrected chi connectivity index (χ0v) is 13.1. The number of hydrogen-bond acceptors (Lipinski definition) is 4. The highest BCUT2D eigenvalue weighted by Gasteiger charge is 2.11. The molecule has 0 heterocycles. The van der Waals surface area contributed by atoms with Crippen molar-refractivity contribution in [2.45, 2.75) is 0 Å². The molecule has 0 fully saturated rings. The third-order valence-electron chi connectivity index (χ3n) is 3.84. The Kier molecular flexibility index (Phi) is 3.67. The van der Waals surface area contributed by atoms with Crippen molar-refractivity contribution >= 4 is 21.5 Å². The highest BCUT2D eigenvalue weighted by molar-refractivity contribution is 6.09. The summed E-state index contributed by atoms with van der Waals surface area (Å²) in [5.74, 6) is 2.85. The van der Waals surface area contributed by atoms with E-state index in [1.807, 2.05) is 24.3 Å². The van der Waals surface area contributed by atoms with Gasteiger partial charge in [-0.25, -0.2) is 0 Å². The van der Waals surface area contributed by atoms with Crippen LogP contribution in [-0.4, -0.2) is 28.4 Å². The Hall–Kier alpha value is -2.62. The smallest absolute Gasteiger partial charge is 0.161 e. The van der Waals surface area contributed by atoms with E-state index in [9.17, 15) is 0 Å². The summed E-state index contributed by atoms with van der Waals surface area (Å²) in [5.41, 5.74) is 0. The van der Waals surface area contributed by atoms with Gasteiger partial charge in [-0.2, -0.15) is 0 Å². The molecule has 0 saturated carbocycles. The number of ether oxygens (including phenoxy) is 4. The summed E-state index contributed by atoms with van der Waals surface area (Å²) in [4.78, 5) is 0. The fraction of sp³-hybridized carbons (Fsp3) is 0.222. The summed E-state index contributed by atoms with van der Waals surface area (Å²) in [6.07, 6.45) is 0. The van der Waals surface area contributed by atoms with Crippen molar-refractivity contribution in [1.82, 2.24) is 0 Å². The van der Waals surface area contributed by atoms with Crippen LogP contribution in [0, 0.1) is 0 Å². The Bertz CT molecular complexity index is 769. The predicted molar refractivity (Wildman–Crippen MR) is 87.7 cm³/mol. The van der Waals surface area contributed by atoms with Crippen molar-refractivity contribution in [3.05, 3.63) is 36.4 Å². The van der Waals surface area contributed by atoms with E-state index < -0.39 is 0 Å². The van der Waals surface area contributed by atoms with Gasteiger partial charge in [-0.3, -0.25) is 0 Å². The Morgan fingerprint density at radius 2 is 0.818 bits per heavy atom. The zero-order valence-electron chi connectivity index (χ0n) is 13.1. The summed E-state index contributed by atoms with van der Waals surface area (Å²) in [7, 11) is 6.55. The molecule has 0 radical (unpaired) electrons. The molecule has 0 unspecified atom stereocenters. The third-order valence-corrected chi connectivity index (χ3v) is 3.84. The van der Waals surface area contributed by atoms with E-state index in [4.69, 9.17) is 18.9 Å². The highest BCUT2D eigenvalue weighted by Crippen LogP contribution is 2.39. The average Bonchev–Trinajstić information content (AvgIpc) is 2.58. The normalized spacial score (nSPS) is 10.7. The molecular weight excluding hydrogens is 280 g/mol. The van der Waals surface area contributed by atoms with Gasteiger partial charge >= 0.3 is 0 Å². The summed E-state index contributed by atoms with van der Waals surface area (Å²) in [6, 6.07) is 12.1. The van der Waals surface area contributed by atoms with E-state index >= 15 is 0 Å². The van der Waals surface area contributed by atoms with Crippen LogP contribution in [0.4, 0.5) is 0 Å². The second-order valence-corrected chi connectivity index (χ2v) is 4.92. The largest absolute Gasteiger partial charge is 0.493 e. The maximum atomic E-state index is 5.41. The molecule has 0 aromatic heterocycles. The zero-order chi connectivity index (χ0) is 15.7. The summed E-state index contributed by atoms with van der Waals surface area (Å²) >= 11 is 0. The summed E-state index contributed by atoms with van der Waals surface area (Å²) in [6.45, 7) is 0. The first-order valence-corrected chi connectivity index (χ1v) is 6.92. The van der Waals surface area contributed by atoms with Crippen molar-refractivity contribution in [3.63, 3.8) is 0 Å². The lowest BCUT2D eigenvalue weighted by Crippen LogP contribution is -1.92. The molecule has 3 rings (SSSR count). The van der Waals surface area contributed by atoms with Crippen molar-refractivity contribution in [3.8, 4) is 23.0 Å². The SMILES string of the molecule is COc1cc2ccc3cc(OC)c(OC)cc3c2cc1OC. The fourth-order valence-electron chi connectivity index (χ4n) is 2.71. The lowest BCUT2D eigenvalue weighted by Gasteiger charge is -2.13. The molecule has 4 nitrogen and oxygen atoms in total. The van der Waals surface area contributed by atoms with Gasteiger partial charge < -0.3 is 18.9 Å². The molecule has 0 bridgehead atoms. The van der Waals surface area contributed by atoms with Gasteiger partial charge in [0.05, 0.1) is 28.4 Å². The minimum Gasteiger partial charge on any atom is -0.493 e. The van der Waals surface area contributed by atoms with Gasteiger partial charge in [0.15, 0.2) is 23.0 Å². The first-order chi connectivity index (χ1) is 10.7. The fourth-order valence-corrected chi connectivity index (χ4v) is 2.71. The molecule has 4 heteroatoms. The van der Waals surface area contributed by atoms with E-state index in [-0.39, 0.29) is 0 Å². The maximum Gasteiger partial charge on any atom is 0.161 e. The molecular formula is C18H18O4. The Morgan fingerprint density at radius 1 is 0.500 bits per heavy atom. The molecule has 0 aliphatic heterocycles. The molecule has 0 amide bonds. The Balaban J connectivity index is 2.38. The molecule has 0 atom stereocenters. The van der Waals surface area contributed by atoms with Crippen LogP contribution in [0.15, 0.2) is 36.4 Å². The molecule has 0 saturated heterocycles. The van der Waals surface area contributed by atoms with E-state index in [2.05, 4.69) is 12.1 Å². The van der Waals surface area contributed by atoms with Crippen LogP contribution < -0.4 is 18.9 Å². The molecule has 0 N–H and O–H groups in total. The molecule has 0 aliphatic rings. The minimum atomic E-state index is 0.706. The monoisotopic (exact) mass is 298 g/mol. The Morgan fingerprint density at radius 3 is 1.14 bits per heavy atom. The van der Waals surface area contributed by atoms with Gasteiger partial charge in [0.25, 0.3) is 0 Å². The van der Waals surface area contributed by atoms with E-state index in [0.717, 1.165) is 33.0 Å². The van der Waals surface area contributed by atoms with Crippen molar-refractivity contribution in [2.75, 3.05) is 28.4 Å². The van der Waals surface area contributed by atoms with Crippen LogP contribution in [0.2, 0.25) is 0 Å². The highest BCUT2D eigenvalue weighted by atomic mass is 16.5. The van der Waals surface area contributed by atoms with Crippen LogP contribution in [0.3, 0.4) is 0 Å². The Labute approximate surface area is 129 Å². The van der Waals surface area contributed by atoms with Crippen LogP contribution in [0.5, 0.6) is 23.0 Å². The van der Waals surface area contributed by atoms with Crippen LogP contribution in [0.1, 0.15) is 0 Å². The molecule has 22 heavy (non-hydrogen) atoms. The van der Waals surface area contributed by atoms with Crippen molar-refractivity contribution in [1.29, 1.82) is 0 Å². The maximum absolute atomic E-state index is 5.41. The molecule has 3 aromatic rings. The number of fused-ring (bicyclic) bond motifs is 3. The van der Waals surface area contributed by atoms with Gasteiger partial charge in [-0.15, -0.1) is 0 Å². The number of hydrogen-bond donors (Lipinski definition) is 0. The second kappa shape index (κ2) is 5.64. The molecule has 3 aromatic carbocycles. The number of benzene rings is 3. The van der Waals surface area contributed by atoms with Crippen LogP contribution in [0.25, 0.3) is 21.5 Å². The molecule has 0 spiro atoms. The van der Waals surface area contributed by atoms with Crippen LogP contribution in [-0.2, 0) is 0 Å². The first kappa shape index (κ1) is 14.3. The summed E-state index contributed by atoms with van der Waals surface area (Å²) < 4.78 is 21.6. The van der Waals surface area contributed by atoms with Gasteiger partial charge in [0, 0.05) is 0 Å². The quantitative estimate of drug-likeness (QED) is 0.682. The standard InChI is InChI=1S/C18H18O4/c1-19-15-7-11-5-6-12-8-16(20-2)18(22-4)10-14(12)13(11)9-17(15)21-3/h5-10H,1-4H3. The van der Waals surface area contributed by atoms with Crippen molar-refractivity contribution in [2.24, 2.45) is 0 Å². The lowest BCUT2D eigenvalue weighted by molar-refractivity contribution is 0.355. The lowest BCUT2D eigenvalue weighted by atomic mass is 10.0. The average molecular weight is 298 g/mol. The molecule has 0 aliphatic carbocycles. The van der Waals surface area contributed by atoms with Gasteiger partial charge in [-0.05, 0) is 45.8 Å². The number of rotatable bonds is 4. The third kappa shape index (κ3) is 2.17. The second-order valence-electron chi connectivity index (χ2n) is 4.92. The van der Waals surface area contributed by atoms with E-state index in [1.165, 1.54) is 0 Å². The van der Waals surface area contributed by atoms with Crippen LogP contribution >= 0.6 is 0 Å². The first-order valence-electron chi connectivity index (χ1n) is 6.92. The van der Waals surface area contributed by atoms with Gasteiger partial charge in [0.1, 0.15) is 0 Å². The predicted octanol–water partition coefficient (Wildman–Crippen LogP) is 4.03. The van der Waals surface area contributed by atoms with Crippen molar-refractivity contribution < 1.29 is 18.9 Å². The van der Waals surface area contributed by atoms with Gasteiger partial charge in [0.2, 0.25) is 0 Å². The van der Waals surface area contributed by atoms with E-state index in [0.29, 0.717) is 11.5 Å². The van der Waals surface area contributed by atoms with Gasteiger partial charge in [-0.1, -0.05) is 12.1 Å². The summed E-state index contributed by atoms with van der Waals surface area (Å²) in [5, 5.41) is 4.32.